The number of carbonyl (C=O) groups excluding carboxylic acids is 1. The highest BCUT2D eigenvalue weighted by Crippen LogP contribution is 2.20. The van der Waals surface area contributed by atoms with Crippen molar-refractivity contribution in [1.82, 2.24) is 9.55 Å². The number of amides is 1. The zero-order chi connectivity index (χ0) is 21.9. The van der Waals surface area contributed by atoms with E-state index in [1.54, 1.807) is 0 Å². The molecule has 0 saturated carbocycles. The Labute approximate surface area is 181 Å². The molecule has 0 bridgehead atoms. The summed E-state index contributed by atoms with van der Waals surface area (Å²) in [6, 6.07) is 9.92. The number of H-pyrrole nitrogens is 1. The first-order valence-electron chi connectivity index (χ1n) is 10.5. The number of nitrogens with two attached hydrogens (primary N) is 1. The third kappa shape index (κ3) is 6.52. The van der Waals surface area contributed by atoms with E-state index in [-0.39, 0.29) is 23.2 Å². The van der Waals surface area contributed by atoms with Gasteiger partial charge in [0, 0.05) is 18.8 Å². The van der Waals surface area contributed by atoms with Crippen molar-refractivity contribution in [3.05, 3.63) is 56.7 Å². The SMILES string of the molecule is CCCCCN(C(=O)CSCc1ccccc1)c1c(N)n(CCCC)c(=O)[nH]c1=O. The predicted octanol–water partition coefficient (Wildman–Crippen LogP) is 3.38. The van der Waals surface area contributed by atoms with Gasteiger partial charge < -0.3 is 10.6 Å². The molecule has 2 aromatic rings. The quantitative estimate of drug-likeness (QED) is 0.501. The fourth-order valence-corrected chi connectivity index (χ4v) is 4.03. The molecule has 0 saturated heterocycles. The zero-order valence-corrected chi connectivity index (χ0v) is 18.7. The van der Waals surface area contributed by atoms with Gasteiger partial charge in [-0.2, -0.15) is 0 Å². The van der Waals surface area contributed by atoms with Crippen LogP contribution in [0.3, 0.4) is 0 Å². The first kappa shape index (κ1) is 23.8. The lowest BCUT2D eigenvalue weighted by Crippen LogP contribution is -2.42. The summed E-state index contributed by atoms with van der Waals surface area (Å²) in [5.41, 5.74) is 6.32. The molecule has 3 N–H and O–H groups in total. The molecule has 0 atom stereocenters. The van der Waals surface area contributed by atoms with Crippen LogP contribution in [-0.4, -0.2) is 27.8 Å². The molecule has 0 fully saturated rings. The highest BCUT2D eigenvalue weighted by atomic mass is 32.2. The van der Waals surface area contributed by atoms with Gasteiger partial charge in [0.15, 0.2) is 5.69 Å². The molecule has 8 heteroatoms. The summed E-state index contributed by atoms with van der Waals surface area (Å²) in [7, 11) is 0. The molecule has 2 rings (SSSR count). The van der Waals surface area contributed by atoms with Crippen LogP contribution in [0.15, 0.2) is 39.9 Å². The van der Waals surface area contributed by atoms with Crippen molar-refractivity contribution in [2.24, 2.45) is 0 Å². The Morgan fingerprint density at radius 1 is 1.10 bits per heavy atom. The van der Waals surface area contributed by atoms with E-state index in [9.17, 15) is 14.4 Å². The van der Waals surface area contributed by atoms with Crippen LogP contribution in [0, 0.1) is 0 Å². The van der Waals surface area contributed by atoms with Gasteiger partial charge in [-0.05, 0) is 18.4 Å². The molecule has 0 aliphatic carbocycles. The smallest absolute Gasteiger partial charge is 0.330 e. The van der Waals surface area contributed by atoms with Crippen LogP contribution in [0.5, 0.6) is 0 Å². The fourth-order valence-electron chi connectivity index (χ4n) is 3.17. The van der Waals surface area contributed by atoms with Gasteiger partial charge in [0.2, 0.25) is 5.91 Å². The molecule has 7 nitrogen and oxygen atoms in total. The molecular weight excluding hydrogens is 400 g/mol. The van der Waals surface area contributed by atoms with Crippen LogP contribution in [0.4, 0.5) is 11.5 Å². The minimum atomic E-state index is -0.608. The van der Waals surface area contributed by atoms with Gasteiger partial charge in [0.1, 0.15) is 5.82 Å². The van der Waals surface area contributed by atoms with Gasteiger partial charge in [0.25, 0.3) is 5.56 Å². The van der Waals surface area contributed by atoms with Crippen LogP contribution in [0.25, 0.3) is 0 Å². The molecule has 164 valence electrons. The van der Waals surface area contributed by atoms with Crippen molar-refractivity contribution in [2.75, 3.05) is 22.9 Å². The van der Waals surface area contributed by atoms with Crippen molar-refractivity contribution >= 4 is 29.2 Å². The molecule has 1 heterocycles. The minimum Gasteiger partial charge on any atom is -0.383 e. The Morgan fingerprint density at radius 3 is 2.47 bits per heavy atom. The number of hydrogen-bond acceptors (Lipinski definition) is 5. The van der Waals surface area contributed by atoms with Crippen molar-refractivity contribution in [1.29, 1.82) is 0 Å². The first-order valence-corrected chi connectivity index (χ1v) is 11.7. The maximum atomic E-state index is 13.1. The number of unbranched alkanes of at least 4 members (excludes halogenated alkanes) is 3. The van der Waals surface area contributed by atoms with Crippen LogP contribution in [0.1, 0.15) is 51.5 Å². The highest BCUT2D eigenvalue weighted by Gasteiger charge is 2.23. The standard InChI is InChI=1S/C22H32N4O3S/c1-3-5-10-14-25(18(27)16-30-15-17-11-8-7-9-12-17)19-20(23)26(13-6-4-2)22(29)24-21(19)28/h7-9,11-12H,3-6,10,13-16,23H2,1-2H3,(H,24,28,29). The lowest BCUT2D eigenvalue weighted by Gasteiger charge is -2.24. The summed E-state index contributed by atoms with van der Waals surface area (Å²) in [6.07, 6.45) is 4.33. The largest absolute Gasteiger partial charge is 0.383 e. The molecule has 0 radical (unpaired) electrons. The van der Waals surface area contributed by atoms with E-state index in [1.165, 1.54) is 21.2 Å². The Hall–Kier alpha value is -2.48. The molecule has 30 heavy (non-hydrogen) atoms. The zero-order valence-electron chi connectivity index (χ0n) is 17.9. The number of thioether (sulfide) groups is 1. The molecule has 1 aromatic carbocycles. The number of nitrogens with one attached hydrogen (secondary N) is 1. The highest BCUT2D eigenvalue weighted by molar-refractivity contribution is 7.99. The number of nitrogen functional groups attached to an aromatic ring is 1. The van der Waals surface area contributed by atoms with Crippen molar-refractivity contribution in [3.63, 3.8) is 0 Å². The average Bonchev–Trinajstić information content (AvgIpc) is 2.73. The molecule has 0 spiro atoms. The second kappa shape index (κ2) is 12.3. The van der Waals surface area contributed by atoms with Crippen molar-refractivity contribution in [3.8, 4) is 0 Å². The third-order valence-electron chi connectivity index (χ3n) is 4.84. The molecule has 1 amide bonds. The van der Waals surface area contributed by atoms with Gasteiger partial charge in [-0.3, -0.25) is 19.1 Å². The molecular formula is C22H32N4O3S. The summed E-state index contributed by atoms with van der Waals surface area (Å²) in [4.78, 5) is 41.7. The van der Waals surface area contributed by atoms with Crippen LogP contribution in [0.2, 0.25) is 0 Å². The van der Waals surface area contributed by atoms with E-state index in [0.717, 1.165) is 37.7 Å². The number of carbonyl (C=O) groups is 1. The van der Waals surface area contributed by atoms with E-state index >= 15 is 0 Å². The summed E-state index contributed by atoms with van der Waals surface area (Å²) in [5.74, 6) is 0.825. The van der Waals surface area contributed by atoms with Gasteiger partial charge in [-0.1, -0.05) is 63.4 Å². The van der Waals surface area contributed by atoms with Crippen LogP contribution in [-0.2, 0) is 17.1 Å². The van der Waals surface area contributed by atoms with Crippen molar-refractivity contribution < 1.29 is 4.79 Å². The number of aromatic amines is 1. The summed E-state index contributed by atoms with van der Waals surface area (Å²) < 4.78 is 1.36. The Balaban J connectivity index is 2.25. The van der Waals surface area contributed by atoms with Gasteiger partial charge in [0.05, 0.1) is 5.75 Å². The number of rotatable bonds is 12. The maximum absolute atomic E-state index is 13.1. The Kier molecular flexibility index (Phi) is 9.73. The van der Waals surface area contributed by atoms with Crippen LogP contribution >= 0.6 is 11.8 Å². The van der Waals surface area contributed by atoms with E-state index in [0.29, 0.717) is 18.8 Å². The van der Waals surface area contributed by atoms with Crippen LogP contribution < -0.4 is 21.9 Å². The lowest BCUT2D eigenvalue weighted by atomic mass is 10.2. The molecule has 0 aliphatic heterocycles. The fraction of sp³-hybridized carbons (Fsp3) is 0.500. The normalized spacial score (nSPS) is 10.9. The molecule has 1 aromatic heterocycles. The first-order chi connectivity index (χ1) is 14.5. The van der Waals surface area contributed by atoms with E-state index in [2.05, 4.69) is 11.9 Å². The van der Waals surface area contributed by atoms with Crippen molar-refractivity contribution in [2.45, 2.75) is 58.2 Å². The number of hydrogen-bond donors (Lipinski definition) is 2. The number of aromatic nitrogens is 2. The topological polar surface area (TPSA) is 101 Å². The number of anilines is 2. The number of benzene rings is 1. The summed E-state index contributed by atoms with van der Waals surface area (Å²) in [5, 5.41) is 0. The summed E-state index contributed by atoms with van der Waals surface area (Å²) in [6.45, 7) is 4.90. The Bertz CT molecular complexity index is 924. The second-order valence-electron chi connectivity index (χ2n) is 7.23. The number of nitrogens with zero attached hydrogens (tertiary/aromatic N) is 2. The average molecular weight is 433 g/mol. The van der Waals surface area contributed by atoms with Gasteiger partial charge in [-0.25, -0.2) is 4.79 Å². The molecule has 0 unspecified atom stereocenters. The van der Waals surface area contributed by atoms with E-state index in [4.69, 9.17) is 5.73 Å². The third-order valence-corrected chi connectivity index (χ3v) is 5.83. The maximum Gasteiger partial charge on any atom is 0.330 e. The van der Waals surface area contributed by atoms with Gasteiger partial charge >= 0.3 is 5.69 Å². The predicted molar refractivity (Wildman–Crippen MR) is 125 cm³/mol. The monoisotopic (exact) mass is 432 g/mol. The Morgan fingerprint density at radius 2 is 1.80 bits per heavy atom. The van der Waals surface area contributed by atoms with E-state index in [1.807, 2.05) is 37.3 Å². The minimum absolute atomic E-state index is 0.0649. The summed E-state index contributed by atoms with van der Waals surface area (Å²) >= 11 is 1.50. The molecule has 0 aliphatic rings. The van der Waals surface area contributed by atoms with E-state index < -0.39 is 11.2 Å². The lowest BCUT2D eigenvalue weighted by molar-refractivity contribution is -0.116. The second-order valence-corrected chi connectivity index (χ2v) is 8.21. The van der Waals surface area contributed by atoms with Gasteiger partial charge in [-0.15, -0.1) is 11.8 Å².